The Balaban J connectivity index is 2.01. The molecule has 10 heteroatoms. The number of unbranched alkanes of at least 4 members (excludes halogenated alkanes) is 3. The van der Waals surface area contributed by atoms with Crippen LogP contribution in [0.3, 0.4) is 0 Å². The van der Waals surface area contributed by atoms with Crippen molar-refractivity contribution in [1.82, 2.24) is 9.66 Å². The molecule has 0 saturated heterocycles. The minimum atomic E-state index is -3.96. The lowest BCUT2D eigenvalue weighted by atomic mass is 10.0. The van der Waals surface area contributed by atoms with E-state index in [1.54, 1.807) is 48.5 Å². The van der Waals surface area contributed by atoms with Crippen molar-refractivity contribution in [1.29, 1.82) is 0 Å². The highest BCUT2D eigenvalue weighted by atomic mass is 32.2. The molecule has 0 bridgehead atoms. The summed E-state index contributed by atoms with van der Waals surface area (Å²) in [6.45, 7) is 5.84. The summed E-state index contributed by atoms with van der Waals surface area (Å²) in [6.07, 6.45) is 4.09. The highest BCUT2D eigenvalue weighted by Crippen LogP contribution is 2.14. The smallest absolute Gasteiger partial charge is 0.200 e. The van der Waals surface area contributed by atoms with Gasteiger partial charge in [-0.2, -0.15) is 36.7 Å². The van der Waals surface area contributed by atoms with Crippen molar-refractivity contribution in [2.45, 2.75) is 62.7 Å². The Morgan fingerprint density at radius 1 is 0.658 bits per heavy atom. The number of rotatable bonds is 13. The normalized spacial score (nSPS) is 12.8. The van der Waals surface area contributed by atoms with Gasteiger partial charge in [0.25, 0.3) is 20.0 Å². The first-order valence-electron chi connectivity index (χ1n) is 12.5. The molecule has 0 amide bonds. The predicted molar refractivity (Wildman–Crippen MR) is 152 cm³/mol. The van der Waals surface area contributed by atoms with Crippen LogP contribution in [-0.4, -0.2) is 28.3 Å². The summed E-state index contributed by atoms with van der Waals surface area (Å²) in [5.74, 6) is 0. The van der Waals surface area contributed by atoms with Gasteiger partial charge in [0.15, 0.2) is 0 Å². The quantitative estimate of drug-likeness (QED) is 0.170. The molecule has 3 aromatic rings. The zero-order chi connectivity index (χ0) is 27.6. The van der Waals surface area contributed by atoms with E-state index in [0.717, 1.165) is 36.8 Å². The van der Waals surface area contributed by atoms with Gasteiger partial charge in [-0.05, 0) is 51.0 Å². The fourth-order valence-electron chi connectivity index (χ4n) is 3.60. The number of benzene rings is 3. The second kappa shape index (κ2) is 13.3. The van der Waals surface area contributed by atoms with E-state index >= 15 is 0 Å². The SMILES string of the molecule is CCCCCCC(=NNS(=O)(=O)c1ccc(C)cc1)C(=NNS(=O)(=O)c1ccc(C)cc1)c1ccccc1. The first-order chi connectivity index (χ1) is 18.1. The third-order valence-electron chi connectivity index (χ3n) is 5.83. The molecule has 0 atom stereocenters. The number of aryl methyl sites for hydroxylation is 2. The molecule has 0 fully saturated rings. The topological polar surface area (TPSA) is 117 Å². The number of nitrogens with one attached hydrogen (secondary N) is 2. The first-order valence-corrected chi connectivity index (χ1v) is 15.5. The molecule has 0 aliphatic carbocycles. The van der Waals surface area contributed by atoms with Crippen LogP contribution in [0.25, 0.3) is 0 Å². The van der Waals surface area contributed by atoms with E-state index in [9.17, 15) is 16.8 Å². The Labute approximate surface area is 226 Å². The van der Waals surface area contributed by atoms with Gasteiger partial charge in [0.2, 0.25) is 0 Å². The predicted octanol–water partition coefficient (Wildman–Crippen LogP) is 5.29. The summed E-state index contributed by atoms with van der Waals surface area (Å²) in [5, 5.41) is 8.53. The molecule has 202 valence electrons. The fraction of sp³-hybridized carbons (Fsp3) is 0.286. The lowest BCUT2D eigenvalue weighted by molar-refractivity contribution is 0.582. The zero-order valence-corrected chi connectivity index (χ0v) is 23.5. The van der Waals surface area contributed by atoms with Crippen LogP contribution in [0.4, 0.5) is 0 Å². The molecule has 38 heavy (non-hydrogen) atoms. The van der Waals surface area contributed by atoms with Gasteiger partial charge < -0.3 is 0 Å². The second-order valence-corrected chi connectivity index (χ2v) is 12.3. The minimum absolute atomic E-state index is 0.0702. The van der Waals surface area contributed by atoms with Crippen molar-refractivity contribution in [2.24, 2.45) is 10.2 Å². The molecule has 0 spiro atoms. The number of hydrazone groups is 2. The first kappa shape index (κ1) is 29.1. The fourth-order valence-corrected chi connectivity index (χ4v) is 5.24. The lowest BCUT2D eigenvalue weighted by Gasteiger charge is -2.13. The van der Waals surface area contributed by atoms with E-state index in [0.29, 0.717) is 17.7 Å². The molecule has 0 unspecified atom stereocenters. The van der Waals surface area contributed by atoms with Gasteiger partial charge in [0.1, 0.15) is 5.71 Å². The largest absolute Gasteiger partial charge is 0.276 e. The molecule has 8 nitrogen and oxygen atoms in total. The van der Waals surface area contributed by atoms with Gasteiger partial charge in [-0.3, -0.25) is 0 Å². The van der Waals surface area contributed by atoms with E-state index in [4.69, 9.17) is 0 Å². The molecule has 3 aromatic carbocycles. The third-order valence-corrected chi connectivity index (χ3v) is 8.28. The van der Waals surface area contributed by atoms with Crippen LogP contribution in [0.5, 0.6) is 0 Å². The van der Waals surface area contributed by atoms with E-state index < -0.39 is 20.0 Å². The second-order valence-electron chi connectivity index (χ2n) is 9.01. The summed E-state index contributed by atoms with van der Waals surface area (Å²) in [6, 6.07) is 21.8. The van der Waals surface area contributed by atoms with Crippen molar-refractivity contribution < 1.29 is 16.8 Å². The van der Waals surface area contributed by atoms with E-state index in [-0.39, 0.29) is 15.5 Å². The highest BCUT2D eigenvalue weighted by molar-refractivity contribution is 7.89. The average molecular weight is 555 g/mol. The Bertz CT molecular complexity index is 1470. The van der Waals surface area contributed by atoms with E-state index in [2.05, 4.69) is 26.8 Å². The maximum atomic E-state index is 13.0. The molecule has 2 N–H and O–H groups in total. The Hall–Kier alpha value is -3.50. The van der Waals surface area contributed by atoms with Gasteiger partial charge in [-0.15, -0.1) is 0 Å². The highest BCUT2D eigenvalue weighted by Gasteiger charge is 2.19. The molecule has 0 radical (unpaired) electrons. The van der Waals surface area contributed by atoms with Crippen LogP contribution in [0.15, 0.2) is 98.9 Å². The Morgan fingerprint density at radius 3 is 1.66 bits per heavy atom. The lowest BCUT2D eigenvalue weighted by Crippen LogP contribution is -2.28. The number of sulfonamides is 2. The average Bonchev–Trinajstić information content (AvgIpc) is 2.90. The monoisotopic (exact) mass is 554 g/mol. The summed E-state index contributed by atoms with van der Waals surface area (Å²) >= 11 is 0. The Kier molecular flexibility index (Phi) is 10.2. The zero-order valence-electron chi connectivity index (χ0n) is 21.9. The van der Waals surface area contributed by atoms with E-state index in [1.807, 2.05) is 19.9 Å². The van der Waals surface area contributed by atoms with Crippen LogP contribution in [0.1, 0.15) is 55.7 Å². The standard InChI is InChI=1S/C28H34N4O4S2/c1-4-5-6-10-13-27(29-31-37(33,34)25-18-14-22(2)15-19-25)28(24-11-8-7-9-12-24)30-32-38(35,36)26-20-16-23(3)17-21-26/h7-9,11-12,14-21,31-32H,4-6,10,13H2,1-3H3. The summed E-state index contributed by atoms with van der Waals surface area (Å²) in [7, 11) is -7.91. The molecule has 0 aliphatic heterocycles. The third kappa shape index (κ3) is 8.26. The van der Waals surface area contributed by atoms with Crippen molar-refractivity contribution >= 4 is 31.5 Å². The van der Waals surface area contributed by atoms with Gasteiger partial charge in [0, 0.05) is 5.56 Å². The summed E-state index contributed by atoms with van der Waals surface area (Å²) in [4.78, 5) is 4.79. The van der Waals surface area contributed by atoms with Gasteiger partial charge in [-0.1, -0.05) is 91.9 Å². The van der Waals surface area contributed by atoms with Crippen LogP contribution in [0, 0.1) is 13.8 Å². The Morgan fingerprint density at radius 2 is 1.16 bits per heavy atom. The molecule has 0 heterocycles. The molecule has 0 saturated carbocycles. The molecule has 0 aromatic heterocycles. The van der Waals surface area contributed by atoms with Crippen molar-refractivity contribution in [2.75, 3.05) is 0 Å². The number of hydrogen-bond donors (Lipinski definition) is 2. The maximum absolute atomic E-state index is 13.0. The van der Waals surface area contributed by atoms with Crippen LogP contribution >= 0.6 is 0 Å². The van der Waals surface area contributed by atoms with Crippen molar-refractivity contribution in [3.05, 3.63) is 95.6 Å². The number of nitrogens with zero attached hydrogens (tertiary/aromatic N) is 2. The minimum Gasteiger partial charge on any atom is -0.200 e. The molecule has 0 aliphatic rings. The molecule has 3 rings (SSSR count). The van der Waals surface area contributed by atoms with Crippen LogP contribution in [-0.2, 0) is 20.0 Å². The molecular formula is C28H34N4O4S2. The summed E-state index contributed by atoms with van der Waals surface area (Å²) < 4.78 is 51.8. The summed E-state index contributed by atoms with van der Waals surface area (Å²) in [5.41, 5.74) is 3.03. The van der Waals surface area contributed by atoms with Gasteiger partial charge >= 0.3 is 0 Å². The van der Waals surface area contributed by atoms with Gasteiger partial charge in [-0.25, -0.2) is 0 Å². The maximum Gasteiger partial charge on any atom is 0.276 e. The van der Waals surface area contributed by atoms with Crippen LogP contribution < -0.4 is 9.66 Å². The number of hydrogen-bond acceptors (Lipinski definition) is 6. The van der Waals surface area contributed by atoms with Crippen molar-refractivity contribution in [3.8, 4) is 0 Å². The van der Waals surface area contributed by atoms with Crippen molar-refractivity contribution in [3.63, 3.8) is 0 Å². The van der Waals surface area contributed by atoms with Crippen LogP contribution in [0.2, 0.25) is 0 Å². The van der Waals surface area contributed by atoms with Gasteiger partial charge in [0.05, 0.1) is 15.5 Å². The van der Waals surface area contributed by atoms with E-state index in [1.165, 1.54) is 24.3 Å². The molecular weight excluding hydrogens is 520 g/mol.